The van der Waals surface area contributed by atoms with Gasteiger partial charge in [0, 0.05) is 0 Å². The number of rotatable bonds is 1. The molecule has 104 valence electrons. The Bertz CT molecular complexity index is 653. The van der Waals surface area contributed by atoms with E-state index in [1.807, 2.05) is 13.0 Å². The second-order valence-electron chi connectivity index (χ2n) is 5.48. The molecule has 1 aliphatic heterocycles. The van der Waals surface area contributed by atoms with E-state index in [9.17, 15) is 4.39 Å². The topological polar surface area (TPSA) is 21.3 Å². The van der Waals surface area contributed by atoms with E-state index in [0.717, 1.165) is 22.6 Å². The highest BCUT2D eigenvalue weighted by molar-refractivity contribution is 5.64. The Hall–Kier alpha value is -2.03. The molecule has 2 nitrogen and oxygen atoms in total. The predicted octanol–water partition coefficient (Wildman–Crippen LogP) is 4.38. The lowest BCUT2D eigenvalue weighted by molar-refractivity contribution is 0.176. The molecule has 2 aromatic carbocycles. The quantitative estimate of drug-likeness (QED) is 0.831. The van der Waals surface area contributed by atoms with Crippen molar-refractivity contribution >= 4 is 5.69 Å². The van der Waals surface area contributed by atoms with Gasteiger partial charge in [-0.3, -0.25) is 0 Å². The standard InChI is InChI=1S/C17H18FNO/c1-10-7-11(2)16-15(8-10)19-12(3)17(20-16)13-5-4-6-14(18)9-13/h4-9,12,17,19H,1-3H3. The Morgan fingerprint density at radius 3 is 2.70 bits per heavy atom. The second kappa shape index (κ2) is 4.82. The Morgan fingerprint density at radius 2 is 1.95 bits per heavy atom. The molecule has 0 fully saturated rings. The normalized spacial score (nSPS) is 20.8. The highest BCUT2D eigenvalue weighted by Gasteiger charge is 2.29. The first kappa shape index (κ1) is 13.0. The Balaban J connectivity index is 2.00. The summed E-state index contributed by atoms with van der Waals surface area (Å²) >= 11 is 0. The van der Waals surface area contributed by atoms with E-state index in [1.165, 1.54) is 17.7 Å². The molecule has 0 saturated heterocycles. The molecule has 2 atom stereocenters. The summed E-state index contributed by atoms with van der Waals surface area (Å²) in [5, 5.41) is 3.46. The van der Waals surface area contributed by atoms with E-state index in [2.05, 4.69) is 31.3 Å². The number of anilines is 1. The van der Waals surface area contributed by atoms with Gasteiger partial charge in [-0.15, -0.1) is 0 Å². The molecular weight excluding hydrogens is 253 g/mol. The highest BCUT2D eigenvalue weighted by atomic mass is 19.1. The Morgan fingerprint density at radius 1 is 1.15 bits per heavy atom. The van der Waals surface area contributed by atoms with Crippen molar-refractivity contribution < 1.29 is 9.13 Å². The lowest BCUT2D eigenvalue weighted by Gasteiger charge is -2.34. The van der Waals surface area contributed by atoms with Crippen LogP contribution in [-0.2, 0) is 0 Å². The molecule has 3 rings (SSSR count). The first-order valence-electron chi connectivity index (χ1n) is 6.84. The van der Waals surface area contributed by atoms with Crippen molar-refractivity contribution in [1.82, 2.24) is 0 Å². The smallest absolute Gasteiger partial charge is 0.146 e. The van der Waals surface area contributed by atoms with Crippen molar-refractivity contribution in [2.45, 2.75) is 32.9 Å². The zero-order valence-corrected chi connectivity index (χ0v) is 11.9. The molecule has 3 heteroatoms. The van der Waals surface area contributed by atoms with Crippen LogP contribution in [0.15, 0.2) is 36.4 Å². The van der Waals surface area contributed by atoms with E-state index in [4.69, 9.17) is 4.74 Å². The van der Waals surface area contributed by atoms with E-state index in [1.54, 1.807) is 6.07 Å². The van der Waals surface area contributed by atoms with Gasteiger partial charge in [-0.2, -0.15) is 0 Å². The van der Waals surface area contributed by atoms with Gasteiger partial charge in [-0.05, 0) is 55.7 Å². The van der Waals surface area contributed by atoms with Crippen LogP contribution in [0.25, 0.3) is 0 Å². The van der Waals surface area contributed by atoms with Crippen molar-refractivity contribution in [2.24, 2.45) is 0 Å². The molecule has 2 unspecified atom stereocenters. The summed E-state index contributed by atoms with van der Waals surface area (Å²) in [6.45, 7) is 6.15. The third kappa shape index (κ3) is 2.24. The molecule has 1 N–H and O–H groups in total. The fourth-order valence-electron chi connectivity index (χ4n) is 2.81. The molecule has 20 heavy (non-hydrogen) atoms. The molecule has 1 heterocycles. The minimum absolute atomic E-state index is 0.0884. The van der Waals surface area contributed by atoms with Crippen LogP contribution in [0.4, 0.5) is 10.1 Å². The van der Waals surface area contributed by atoms with Gasteiger partial charge in [0.2, 0.25) is 0 Å². The molecule has 0 aromatic heterocycles. The zero-order chi connectivity index (χ0) is 14.3. The van der Waals surface area contributed by atoms with Crippen molar-refractivity contribution in [2.75, 3.05) is 5.32 Å². The van der Waals surface area contributed by atoms with Gasteiger partial charge < -0.3 is 10.1 Å². The zero-order valence-electron chi connectivity index (χ0n) is 11.9. The molecule has 0 aliphatic carbocycles. The van der Waals surface area contributed by atoms with Crippen LogP contribution in [0.3, 0.4) is 0 Å². The number of hydrogen-bond donors (Lipinski definition) is 1. The van der Waals surface area contributed by atoms with E-state index >= 15 is 0 Å². The summed E-state index contributed by atoms with van der Waals surface area (Å²) in [5.41, 5.74) is 4.17. The summed E-state index contributed by atoms with van der Waals surface area (Å²) in [6.07, 6.45) is -0.181. The van der Waals surface area contributed by atoms with Gasteiger partial charge in [-0.25, -0.2) is 4.39 Å². The summed E-state index contributed by atoms with van der Waals surface area (Å²) in [4.78, 5) is 0. The van der Waals surface area contributed by atoms with Crippen molar-refractivity contribution in [3.05, 3.63) is 58.9 Å². The molecular formula is C17H18FNO. The average molecular weight is 271 g/mol. The lowest BCUT2D eigenvalue weighted by Crippen LogP contribution is -2.33. The van der Waals surface area contributed by atoms with Crippen LogP contribution in [0.2, 0.25) is 0 Å². The minimum atomic E-state index is -0.232. The predicted molar refractivity (Wildman–Crippen MR) is 78.8 cm³/mol. The number of benzene rings is 2. The number of ether oxygens (including phenoxy) is 1. The SMILES string of the molecule is Cc1cc(C)c2c(c1)NC(C)C(c1cccc(F)c1)O2. The summed E-state index contributed by atoms with van der Waals surface area (Å²) in [5.74, 6) is 0.632. The summed E-state index contributed by atoms with van der Waals surface area (Å²) in [7, 11) is 0. The van der Waals surface area contributed by atoms with E-state index < -0.39 is 0 Å². The van der Waals surface area contributed by atoms with Crippen molar-refractivity contribution in [3.63, 3.8) is 0 Å². The molecule has 2 aromatic rings. The summed E-state index contributed by atoms with van der Waals surface area (Å²) < 4.78 is 19.5. The van der Waals surface area contributed by atoms with Crippen LogP contribution in [0.5, 0.6) is 5.75 Å². The molecule has 1 aliphatic rings. The average Bonchev–Trinajstić information content (AvgIpc) is 2.37. The van der Waals surface area contributed by atoms with Crippen molar-refractivity contribution in [1.29, 1.82) is 0 Å². The van der Waals surface area contributed by atoms with Crippen LogP contribution in [0, 0.1) is 19.7 Å². The molecule has 0 radical (unpaired) electrons. The number of halogens is 1. The van der Waals surface area contributed by atoms with Gasteiger partial charge in [-0.1, -0.05) is 18.2 Å². The first-order valence-corrected chi connectivity index (χ1v) is 6.84. The number of aryl methyl sites for hydroxylation is 2. The number of fused-ring (bicyclic) bond motifs is 1. The first-order chi connectivity index (χ1) is 9.54. The highest BCUT2D eigenvalue weighted by Crippen LogP contribution is 2.40. The van der Waals surface area contributed by atoms with Crippen LogP contribution in [0.1, 0.15) is 29.7 Å². The van der Waals surface area contributed by atoms with Gasteiger partial charge >= 0.3 is 0 Å². The molecule has 0 saturated carbocycles. The second-order valence-corrected chi connectivity index (χ2v) is 5.48. The third-order valence-electron chi connectivity index (χ3n) is 3.68. The Kier molecular flexibility index (Phi) is 3.13. The van der Waals surface area contributed by atoms with Crippen LogP contribution in [-0.4, -0.2) is 6.04 Å². The van der Waals surface area contributed by atoms with Gasteiger partial charge in [0.15, 0.2) is 0 Å². The van der Waals surface area contributed by atoms with Crippen LogP contribution >= 0.6 is 0 Å². The maximum Gasteiger partial charge on any atom is 0.146 e. The lowest BCUT2D eigenvalue weighted by atomic mass is 9.99. The van der Waals surface area contributed by atoms with E-state index in [-0.39, 0.29) is 18.0 Å². The third-order valence-corrected chi connectivity index (χ3v) is 3.68. The maximum absolute atomic E-state index is 13.4. The van der Waals surface area contributed by atoms with Gasteiger partial charge in [0.25, 0.3) is 0 Å². The molecule has 0 amide bonds. The Labute approximate surface area is 118 Å². The monoisotopic (exact) mass is 271 g/mol. The minimum Gasteiger partial charge on any atom is -0.481 e. The molecule has 0 bridgehead atoms. The largest absolute Gasteiger partial charge is 0.481 e. The maximum atomic E-state index is 13.4. The molecule has 0 spiro atoms. The van der Waals surface area contributed by atoms with E-state index in [0.29, 0.717) is 0 Å². The van der Waals surface area contributed by atoms with Crippen LogP contribution < -0.4 is 10.1 Å². The number of hydrogen-bond acceptors (Lipinski definition) is 2. The van der Waals surface area contributed by atoms with Gasteiger partial charge in [0.1, 0.15) is 17.7 Å². The fourth-order valence-corrected chi connectivity index (χ4v) is 2.81. The fraction of sp³-hybridized carbons (Fsp3) is 0.294. The summed E-state index contributed by atoms with van der Waals surface area (Å²) in [6, 6.07) is 10.9. The van der Waals surface area contributed by atoms with Crippen molar-refractivity contribution in [3.8, 4) is 5.75 Å². The van der Waals surface area contributed by atoms with Gasteiger partial charge in [0.05, 0.1) is 11.7 Å². The number of nitrogens with one attached hydrogen (secondary N) is 1.